The van der Waals surface area contributed by atoms with Gasteiger partial charge >= 0.3 is 0 Å². The molecule has 0 saturated heterocycles. The first-order chi connectivity index (χ1) is 11.2. The molecule has 1 N–H and O–H groups in total. The number of aromatic hydroxyl groups is 1. The van der Waals surface area contributed by atoms with Crippen molar-refractivity contribution in [2.75, 3.05) is 7.11 Å². The fraction of sp³-hybridized carbons (Fsp3) is 0.0500. The van der Waals surface area contributed by atoms with Crippen molar-refractivity contribution in [1.82, 2.24) is 0 Å². The van der Waals surface area contributed by atoms with Gasteiger partial charge in [-0.05, 0) is 40.6 Å². The molecule has 0 aliphatic carbocycles. The Balaban J connectivity index is 1.83. The van der Waals surface area contributed by atoms with Crippen LogP contribution in [0.5, 0.6) is 11.5 Å². The molecule has 0 saturated carbocycles. The van der Waals surface area contributed by atoms with E-state index in [1.807, 2.05) is 42.5 Å². The Morgan fingerprint density at radius 3 is 2.52 bits per heavy atom. The van der Waals surface area contributed by atoms with Crippen LogP contribution in [0.4, 0.5) is 0 Å². The molecule has 3 aromatic carbocycles. The van der Waals surface area contributed by atoms with Crippen molar-refractivity contribution < 1.29 is 14.6 Å². The number of carbonyl (C=O) groups excluding carboxylic acids is 1. The first-order valence-corrected chi connectivity index (χ1v) is 7.25. The van der Waals surface area contributed by atoms with Crippen molar-refractivity contribution >= 4 is 22.6 Å². The zero-order chi connectivity index (χ0) is 16.2. The number of methoxy groups -OCH3 is 1. The first-order valence-electron chi connectivity index (χ1n) is 7.25. The van der Waals surface area contributed by atoms with Gasteiger partial charge in [0.2, 0.25) is 0 Å². The Labute approximate surface area is 134 Å². The second kappa shape index (κ2) is 6.36. The molecule has 0 fully saturated rings. The Morgan fingerprint density at radius 1 is 1.00 bits per heavy atom. The average Bonchev–Trinajstić information content (AvgIpc) is 2.59. The normalized spacial score (nSPS) is 11.0. The third-order valence-corrected chi connectivity index (χ3v) is 3.66. The predicted octanol–water partition coefficient (Wildman–Crippen LogP) is 4.45. The number of rotatable bonds is 4. The maximum atomic E-state index is 12.3. The Morgan fingerprint density at radius 2 is 1.78 bits per heavy atom. The van der Waals surface area contributed by atoms with Crippen molar-refractivity contribution in [3.8, 4) is 11.5 Å². The summed E-state index contributed by atoms with van der Waals surface area (Å²) < 4.78 is 4.99. The van der Waals surface area contributed by atoms with Crippen molar-refractivity contribution in [3.05, 3.63) is 77.9 Å². The molecule has 0 spiro atoms. The van der Waals surface area contributed by atoms with Crippen LogP contribution in [0.2, 0.25) is 0 Å². The minimum Gasteiger partial charge on any atom is -0.504 e. The molecule has 3 nitrogen and oxygen atoms in total. The van der Waals surface area contributed by atoms with Crippen molar-refractivity contribution in [1.29, 1.82) is 0 Å². The van der Waals surface area contributed by atoms with Crippen LogP contribution < -0.4 is 4.74 Å². The largest absolute Gasteiger partial charge is 0.504 e. The van der Waals surface area contributed by atoms with Gasteiger partial charge in [-0.1, -0.05) is 48.5 Å². The fourth-order valence-electron chi connectivity index (χ4n) is 2.42. The number of ketones is 1. The lowest BCUT2D eigenvalue weighted by Crippen LogP contribution is -1.93. The number of carbonyl (C=O) groups is 1. The molecular formula is C20H16O3. The molecule has 0 amide bonds. The van der Waals surface area contributed by atoms with Crippen LogP contribution in [0.15, 0.2) is 66.7 Å². The highest BCUT2D eigenvalue weighted by Gasteiger charge is 2.04. The zero-order valence-electron chi connectivity index (χ0n) is 12.7. The number of hydrogen-bond acceptors (Lipinski definition) is 3. The minimum atomic E-state index is -0.0777. The summed E-state index contributed by atoms with van der Waals surface area (Å²) in [5.74, 6) is 0.377. The summed E-state index contributed by atoms with van der Waals surface area (Å²) in [6, 6.07) is 18.6. The number of allylic oxidation sites excluding steroid dienone is 1. The molecule has 0 unspecified atom stereocenters. The summed E-state index contributed by atoms with van der Waals surface area (Å²) in [4.78, 5) is 12.3. The van der Waals surface area contributed by atoms with E-state index >= 15 is 0 Å². The number of phenols is 1. The maximum absolute atomic E-state index is 12.3. The summed E-state index contributed by atoms with van der Waals surface area (Å²) in [5.41, 5.74) is 1.37. The highest BCUT2D eigenvalue weighted by molar-refractivity contribution is 6.08. The number of benzene rings is 3. The van der Waals surface area contributed by atoms with Crippen LogP contribution in [0, 0.1) is 0 Å². The minimum absolute atomic E-state index is 0.0489. The molecule has 0 radical (unpaired) electrons. The quantitative estimate of drug-likeness (QED) is 0.572. The third-order valence-electron chi connectivity index (χ3n) is 3.66. The molecule has 3 heteroatoms. The molecular weight excluding hydrogens is 288 g/mol. The van der Waals surface area contributed by atoms with E-state index in [1.54, 1.807) is 24.3 Å². The molecule has 0 atom stereocenters. The van der Waals surface area contributed by atoms with Gasteiger partial charge in [0.25, 0.3) is 0 Å². The molecule has 23 heavy (non-hydrogen) atoms. The summed E-state index contributed by atoms with van der Waals surface area (Å²) in [6.07, 6.45) is 3.18. The van der Waals surface area contributed by atoms with Gasteiger partial charge in [-0.15, -0.1) is 0 Å². The second-order valence-electron chi connectivity index (χ2n) is 5.19. The van der Waals surface area contributed by atoms with Crippen LogP contribution in [-0.2, 0) is 0 Å². The van der Waals surface area contributed by atoms with Gasteiger partial charge in [0.05, 0.1) is 7.11 Å². The Bertz CT molecular complexity index is 894. The highest BCUT2D eigenvalue weighted by Crippen LogP contribution is 2.26. The summed E-state index contributed by atoms with van der Waals surface area (Å²) in [7, 11) is 1.49. The Kier molecular flexibility index (Phi) is 4.11. The summed E-state index contributed by atoms with van der Waals surface area (Å²) >= 11 is 0. The van der Waals surface area contributed by atoms with E-state index < -0.39 is 0 Å². The first kappa shape index (κ1) is 14.9. The van der Waals surface area contributed by atoms with Crippen molar-refractivity contribution in [2.45, 2.75) is 0 Å². The van der Waals surface area contributed by atoms with Gasteiger partial charge < -0.3 is 9.84 Å². The maximum Gasteiger partial charge on any atom is 0.185 e. The summed E-state index contributed by atoms with van der Waals surface area (Å²) in [5, 5.41) is 11.9. The SMILES string of the molecule is COc1ccc(/C=C/C(=O)c2ccc3ccccc3c2)cc1O. The number of fused-ring (bicyclic) bond motifs is 1. The second-order valence-corrected chi connectivity index (χ2v) is 5.19. The van der Waals surface area contributed by atoms with E-state index in [4.69, 9.17) is 4.74 Å². The molecule has 0 heterocycles. The van der Waals surface area contributed by atoms with Crippen LogP contribution in [0.25, 0.3) is 16.8 Å². The number of phenolic OH excluding ortho intramolecular Hbond substituents is 1. The van der Waals surface area contributed by atoms with Gasteiger partial charge in [-0.2, -0.15) is 0 Å². The molecule has 0 aromatic heterocycles. The smallest absolute Gasteiger partial charge is 0.185 e. The van der Waals surface area contributed by atoms with Crippen LogP contribution >= 0.6 is 0 Å². The zero-order valence-corrected chi connectivity index (χ0v) is 12.7. The monoisotopic (exact) mass is 304 g/mol. The summed E-state index contributed by atoms with van der Waals surface area (Å²) in [6.45, 7) is 0. The van der Waals surface area contributed by atoms with E-state index in [1.165, 1.54) is 13.2 Å². The van der Waals surface area contributed by atoms with E-state index in [0.717, 1.165) is 16.3 Å². The lowest BCUT2D eigenvalue weighted by Gasteiger charge is -2.03. The topological polar surface area (TPSA) is 46.5 Å². The number of hydrogen-bond donors (Lipinski definition) is 1. The standard InChI is InChI=1S/C20H16O3/c1-23-20-11-7-14(12-19(20)22)6-10-18(21)17-9-8-15-4-2-3-5-16(15)13-17/h2-13,22H,1H3/b10-6+. The molecule has 0 bridgehead atoms. The third kappa shape index (κ3) is 3.24. The molecule has 3 rings (SSSR count). The van der Waals surface area contributed by atoms with Gasteiger partial charge in [0.15, 0.2) is 17.3 Å². The van der Waals surface area contributed by atoms with E-state index in [9.17, 15) is 9.90 Å². The van der Waals surface area contributed by atoms with Crippen molar-refractivity contribution in [2.24, 2.45) is 0 Å². The highest BCUT2D eigenvalue weighted by atomic mass is 16.5. The van der Waals surface area contributed by atoms with E-state index in [2.05, 4.69) is 0 Å². The lowest BCUT2D eigenvalue weighted by atomic mass is 10.0. The van der Waals surface area contributed by atoms with Crippen LogP contribution in [-0.4, -0.2) is 18.0 Å². The average molecular weight is 304 g/mol. The van der Waals surface area contributed by atoms with Gasteiger partial charge in [0.1, 0.15) is 0 Å². The molecule has 114 valence electrons. The number of ether oxygens (including phenoxy) is 1. The van der Waals surface area contributed by atoms with Gasteiger partial charge in [0, 0.05) is 5.56 Å². The molecule has 3 aromatic rings. The Hall–Kier alpha value is -3.07. The lowest BCUT2D eigenvalue weighted by molar-refractivity contribution is 0.104. The molecule has 0 aliphatic rings. The molecule has 0 aliphatic heterocycles. The van der Waals surface area contributed by atoms with Crippen LogP contribution in [0.1, 0.15) is 15.9 Å². The van der Waals surface area contributed by atoms with E-state index in [-0.39, 0.29) is 11.5 Å². The van der Waals surface area contributed by atoms with Gasteiger partial charge in [-0.3, -0.25) is 4.79 Å². The predicted molar refractivity (Wildman–Crippen MR) is 92.0 cm³/mol. The fourth-order valence-corrected chi connectivity index (χ4v) is 2.42. The van der Waals surface area contributed by atoms with Gasteiger partial charge in [-0.25, -0.2) is 0 Å². The van der Waals surface area contributed by atoms with Crippen LogP contribution in [0.3, 0.4) is 0 Å². The van der Waals surface area contributed by atoms with Crippen molar-refractivity contribution in [3.63, 3.8) is 0 Å². The van der Waals surface area contributed by atoms with E-state index in [0.29, 0.717) is 11.3 Å².